The number of benzene rings is 2. The molecule has 0 aliphatic rings. The molecule has 0 aromatic heterocycles. The SMILES string of the molecule is NC(=O)c1cccc(Oc2ccc(I)cc2)c1N. The first kappa shape index (κ1) is 12.7. The molecular formula is C13H11IN2O2. The Morgan fingerprint density at radius 3 is 2.39 bits per heavy atom. The fraction of sp³-hybridized carbons (Fsp3) is 0. The Hall–Kier alpha value is -1.76. The van der Waals surface area contributed by atoms with Crippen LogP contribution in [-0.4, -0.2) is 5.91 Å². The minimum Gasteiger partial charge on any atom is -0.455 e. The summed E-state index contributed by atoms with van der Waals surface area (Å²) in [7, 11) is 0. The maximum Gasteiger partial charge on any atom is 0.250 e. The summed E-state index contributed by atoms with van der Waals surface area (Å²) in [5.74, 6) is 0.511. The van der Waals surface area contributed by atoms with Crippen molar-refractivity contribution in [3.8, 4) is 11.5 Å². The van der Waals surface area contributed by atoms with Crippen LogP contribution in [0, 0.1) is 3.57 Å². The van der Waals surface area contributed by atoms with Crippen LogP contribution >= 0.6 is 22.6 Å². The standard InChI is InChI=1S/C13H11IN2O2/c14-8-4-6-9(7-5-8)18-11-3-1-2-10(12(11)15)13(16)17/h1-7H,15H2,(H2,16,17). The molecule has 0 aliphatic carbocycles. The lowest BCUT2D eigenvalue weighted by atomic mass is 10.1. The highest BCUT2D eigenvalue weighted by atomic mass is 127. The third-order valence-electron chi connectivity index (χ3n) is 2.37. The summed E-state index contributed by atoms with van der Waals surface area (Å²) in [4.78, 5) is 11.2. The smallest absolute Gasteiger partial charge is 0.250 e. The van der Waals surface area contributed by atoms with Crippen LogP contribution in [0.1, 0.15) is 10.4 Å². The molecule has 2 rings (SSSR count). The normalized spacial score (nSPS) is 10.1. The van der Waals surface area contributed by atoms with Crippen LogP contribution in [0.3, 0.4) is 0 Å². The molecule has 0 heterocycles. The number of hydrogen-bond acceptors (Lipinski definition) is 3. The third kappa shape index (κ3) is 2.73. The molecule has 92 valence electrons. The molecule has 0 radical (unpaired) electrons. The van der Waals surface area contributed by atoms with E-state index in [4.69, 9.17) is 16.2 Å². The van der Waals surface area contributed by atoms with Crippen molar-refractivity contribution in [1.29, 1.82) is 0 Å². The minimum absolute atomic E-state index is 0.253. The summed E-state index contributed by atoms with van der Waals surface area (Å²) < 4.78 is 6.73. The molecule has 0 fully saturated rings. The Balaban J connectivity index is 2.32. The number of primary amides is 1. The molecule has 0 atom stereocenters. The van der Waals surface area contributed by atoms with E-state index in [1.54, 1.807) is 18.2 Å². The predicted octanol–water partition coefficient (Wildman–Crippen LogP) is 2.76. The average Bonchev–Trinajstić information content (AvgIpc) is 2.34. The Bertz CT molecular complexity index is 582. The van der Waals surface area contributed by atoms with Crippen molar-refractivity contribution >= 4 is 34.2 Å². The van der Waals surface area contributed by atoms with Gasteiger partial charge in [0.2, 0.25) is 0 Å². The van der Waals surface area contributed by atoms with Gasteiger partial charge in [-0.15, -0.1) is 0 Å². The van der Waals surface area contributed by atoms with Gasteiger partial charge in [0.05, 0.1) is 11.3 Å². The summed E-state index contributed by atoms with van der Waals surface area (Å²) in [6, 6.07) is 12.4. The van der Waals surface area contributed by atoms with Gasteiger partial charge in [-0.25, -0.2) is 0 Å². The van der Waals surface area contributed by atoms with Crippen molar-refractivity contribution in [2.45, 2.75) is 0 Å². The number of halogens is 1. The van der Waals surface area contributed by atoms with Crippen molar-refractivity contribution in [2.24, 2.45) is 5.73 Å². The number of nitrogens with two attached hydrogens (primary N) is 2. The van der Waals surface area contributed by atoms with Gasteiger partial charge >= 0.3 is 0 Å². The van der Waals surface area contributed by atoms with E-state index in [1.807, 2.05) is 24.3 Å². The molecule has 0 spiro atoms. The van der Waals surface area contributed by atoms with Gasteiger partial charge < -0.3 is 16.2 Å². The number of ether oxygens (including phenoxy) is 1. The lowest BCUT2D eigenvalue weighted by Gasteiger charge is -2.10. The third-order valence-corrected chi connectivity index (χ3v) is 3.09. The summed E-state index contributed by atoms with van der Waals surface area (Å²) in [5.41, 5.74) is 11.6. The first-order valence-corrected chi connectivity index (χ1v) is 6.27. The van der Waals surface area contributed by atoms with Crippen molar-refractivity contribution < 1.29 is 9.53 Å². The molecule has 5 heteroatoms. The van der Waals surface area contributed by atoms with Gasteiger partial charge in [0.15, 0.2) is 5.75 Å². The zero-order valence-electron chi connectivity index (χ0n) is 9.39. The van der Waals surface area contributed by atoms with Gasteiger partial charge in [0.25, 0.3) is 5.91 Å². The molecule has 2 aromatic rings. The van der Waals surface area contributed by atoms with Crippen molar-refractivity contribution in [3.05, 3.63) is 51.6 Å². The molecular weight excluding hydrogens is 343 g/mol. The van der Waals surface area contributed by atoms with Crippen LogP contribution in [0.2, 0.25) is 0 Å². The number of rotatable bonds is 3. The highest BCUT2D eigenvalue weighted by Crippen LogP contribution is 2.29. The number of nitrogen functional groups attached to an aromatic ring is 1. The fourth-order valence-corrected chi connectivity index (χ4v) is 1.84. The summed E-state index contributed by atoms with van der Waals surface area (Å²) in [5, 5.41) is 0. The molecule has 0 bridgehead atoms. The molecule has 0 saturated heterocycles. The monoisotopic (exact) mass is 354 g/mol. The van der Waals surface area contributed by atoms with Crippen molar-refractivity contribution in [1.82, 2.24) is 0 Å². The van der Waals surface area contributed by atoms with Crippen LogP contribution in [0.4, 0.5) is 5.69 Å². The Morgan fingerprint density at radius 1 is 1.11 bits per heavy atom. The van der Waals surface area contributed by atoms with E-state index >= 15 is 0 Å². The van der Waals surface area contributed by atoms with Gasteiger partial charge in [-0.05, 0) is 59.0 Å². The second kappa shape index (κ2) is 5.26. The highest BCUT2D eigenvalue weighted by molar-refractivity contribution is 14.1. The Labute approximate surface area is 118 Å². The van der Waals surface area contributed by atoms with Crippen LogP contribution in [-0.2, 0) is 0 Å². The van der Waals surface area contributed by atoms with Crippen molar-refractivity contribution in [3.63, 3.8) is 0 Å². The van der Waals surface area contributed by atoms with Gasteiger partial charge in [0.1, 0.15) is 5.75 Å². The van der Waals surface area contributed by atoms with E-state index in [0.717, 1.165) is 3.57 Å². The molecule has 0 aliphatic heterocycles. The van der Waals surface area contributed by atoms with E-state index in [-0.39, 0.29) is 11.3 Å². The Kier molecular flexibility index (Phi) is 3.71. The highest BCUT2D eigenvalue weighted by Gasteiger charge is 2.10. The second-order valence-electron chi connectivity index (χ2n) is 3.64. The van der Waals surface area contributed by atoms with Crippen LogP contribution in [0.15, 0.2) is 42.5 Å². The quantitative estimate of drug-likeness (QED) is 0.657. The molecule has 1 amide bonds. The molecule has 18 heavy (non-hydrogen) atoms. The fourth-order valence-electron chi connectivity index (χ4n) is 1.48. The second-order valence-corrected chi connectivity index (χ2v) is 4.88. The van der Waals surface area contributed by atoms with E-state index in [2.05, 4.69) is 22.6 Å². The lowest BCUT2D eigenvalue weighted by Crippen LogP contribution is -2.13. The van der Waals surface area contributed by atoms with E-state index < -0.39 is 5.91 Å². The number of hydrogen-bond donors (Lipinski definition) is 2. The molecule has 4 nitrogen and oxygen atoms in total. The number of anilines is 1. The number of para-hydroxylation sites is 1. The van der Waals surface area contributed by atoms with Gasteiger partial charge in [-0.3, -0.25) is 4.79 Å². The lowest BCUT2D eigenvalue weighted by molar-refractivity contribution is 0.100. The topological polar surface area (TPSA) is 78.3 Å². The largest absolute Gasteiger partial charge is 0.455 e. The minimum atomic E-state index is -0.569. The first-order chi connectivity index (χ1) is 8.58. The van der Waals surface area contributed by atoms with Gasteiger partial charge in [0, 0.05) is 3.57 Å². The van der Waals surface area contributed by atoms with E-state index in [0.29, 0.717) is 11.5 Å². The van der Waals surface area contributed by atoms with Crippen LogP contribution < -0.4 is 16.2 Å². The maximum absolute atomic E-state index is 11.2. The zero-order chi connectivity index (χ0) is 13.1. The van der Waals surface area contributed by atoms with Gasteiger partial charge in [-0.2, -0.15) is 0 Å². The first-order valence-electron chi connectivity index (χ1n) is 5.19. The maximum atomic E-state index is 11.2. The molecule has 4 N–H and O–H groups in total. The summed E-state index contributed by atoms with van der Waals surface area (Å²) in [6.45, 7) is 0. The predicted molar refractivity (Wildman–Crippen MR) is 78.6 cm³/mol. The molecule has 0 saturated carbocycles. The molecule has 2 aromatic carbocycles. The van der Waals surface area contributed by atoms with Crippen molar-refractivity contribution in [2.75, 3.05) is 5.73 Å². The number of carbonyl (C=O) groups is 1. The summed E-state index contributed by atoms with van der Waals surface area (Å²) >= 11 is 2.21. The molecule has 0 unspecified atom stereocenters. The van der Waals surface area contributed by atoms with Crippen LogP contribution in [0.25, 0.3) is 0 Å². The average molecular weight is 354 g/mol. The van der Waals surface area contributed by atoms with E-state index in [1.165, 1.54) is 0 Å². The van der Waals surface area contributed by atoms with Crippen LogP contribution in [0.5, 0.6) is 11.5 Å². The van der Waals surface area contributed by atoms with E-state index in [9.17, 15) is 4.79 Å². The van der Waals surface area contributed by atoms with Gasteiger partial charge in [-0.1, -0.05) is 6.07 Å². The number of carbonyl (C=O) groups excluding carboxylic acids is 1. The number of amides is 1. The Morgan fingerprint density at radius 2 is 1.78 bits per heavy atom. The zero-order valence-corrected chi connectivity index (χ0v) is 11.5. The summed E-state index contributed by atoms with van der Waals surface area (Å²) in [6.07, 6.45) is 0.